The van der Waals surface area contributed by atoms with Gasteiger partial charge in [0.2, 0.25) is 0 Å². The van der Waals surface area contributed by atoms with Gasteiger partial charge in [-0.2, -0.15) is 0 Å². The fraction of sp³-hybridized carbons (Fsp3) is 0.0400. The number of nitrogens with zero attached hydrogens (tertiary/aromatic N) is 1. The Morgan fingerprint density at radius 3 is 2.37 bits per heavy atom. The van der Waals surface area contributed by atoms with Gasteiger partial charge in [-0.15, -0.1) is 0 Å². The molecule has 6 aromatic rings. The minimum absolute atomic E-state index is 1.18. The van der Waals surface area contributed by atoms with E-state index in [1.165, 1.54) is 59.6 Å². The Morgan fingerprint density at radius 1 is 0.852 bits per heavy atom. The molecule has 0 spiro atoms. The first-order valence-corrected chi connectivity index (χ1v) is 9.30. The lowest BCUT2D eigenvalue weighted by molar-refractivity contribution is 1.20. The number of rotatable bonds is 1. The topological polar surface area (TPSA) is 20.2 Å². The average molecular weight is 346 g/mol. The average Bonchev–Trinajstić information content (AvgIpc) is 3.19. The Labute approximate surface area is 155 Å². The molecule has 6 rings (SSSR count). The van der Waals surface area contributed by atoms with Crippen LogP contribution in [0.2, 0.25) is 0 Å². The molecule has 0 aliphatic heterocycles. The predicted molar refractivity (Wildman–Crippen MR) is 117 cm³/mol. The van der Waals surface area contributed by atoms with Gasteiger partial charge in [0.15, 0.2) is 0 Å². The maximum atomic E-state index is 3.94. The van der Waals surface area contributed by atoms with Gasteiger partial charge in [0.1, 0.15) is 0 Å². The lowest BCUT2D eigenvalue weighted by Gasteiger charge is -2.00. The van der Waals surface area contributed by atoms with E-state index in [0.717, 1.165) is 0 Å². The summed E-state index contributed by atoms with van der Waals surface area (Å²) < 4.78 is 2.43. The minimum atomic E-state index is 1.18. The molecule has 0 fully saturated rings. The van der Waals surface area contributed by atoms with Crippen molar-refractivity contribution in [3.63, 3.8) is 0 Å². The van der Waals surface area contributed by atoms with Crippen molar-refractivity contribution in [3.05, 3.63) is 77.8 Å². The molecule has 0 unspecified atom stereocenters. The van der Waals surface area contributed by atoms with E-state index in [0.29, 0.717) is 0 Å². The van der Waals surface area contributed by atoms with Crippen LogP contribution >= 0.6 is 0 Å². The normalized spacial score (nSPS) is 14.0. The highest BCUT2D eigenvalue weighted by Crippen LogP contribution is 2.37. The Balaban J connectivity index is 2.21. The Kier molecular flexibility index (Phi) is 2.72. The molecule has 2 nitrogen and oxygen atoms in total. The summed E-state index contributed by atoms with van der Waals surface area (Å²) in [5.41, 5.74) is 4.88. The number of fused-ring (bicyclic) bond motifs is 2. The van der Waals surface area contributed by atoms with Gasteiger partial charge in [-0.1, -0.05) is 61.2 Å². The van der Waals surface area contributed by atoms with Crippen LogP contribution in [0, 0.1) is 0 Å². The van der Waals surface area contributed by atoms with Crippen LogP contribution in [0.3, 0.4) is 0 Å². The third-order valence-corrected chi connectivity index (χ3v) is 5.78. The fourth-order valence-corrected chi connectivity index (χ4v) is 4.81. The summed E-state index contributed by atoms with van der Waals surface area (Å²) in [6.07, 6.45) is 6.21. The zero-order valence-corrected chi connectivity index (χ0v) is 15.1. The molecule has 2 heteroatoms. The van der Waals surface area contributed by atoms with Crippen LogP contribution < -0.4 is 10.6 Å². The van der Waals surface area contributed by atoms with Crippen molar-refractivity contribution in [2.24, 2.45) is 0 Å². The van der Waals surface area contributed by atoms with Gasteiger partial charge in [-0.05, 0) is 30.5 Å². The standard InChI is InChI=1S/C25H18N2/c1-3-8-15-17-10-5-11-18-16-9-6-12-19-23(16)24-20(26-19)13-7-14-22(24)27(25(17)18)21(15)4-2/h3-14,26H,1H2,2H3/b15-8-,21-4+. The number of hydrogen-bond donors (Lipinski definition) is 1. The van der Waals surface area contributed by atoms with Gasteiger partial charge in [0, 0.05) is 43.1 Å². The molecule has 128 valence electrons. The zero-order chi connectivity index (χ0) is 18.1. The van der Waals surface area contributed by atoms with Crippen LogP contribution in [0.1, 0.15) is 6.92 Å². The molecule has 0 radical (unpaired) electrons. The van der Waals surface area contributed by atoms with Crippen LogP contribution in [0.25, 0.3) is 61.1 Å². The van der Waals surface area contributed by atoms with Crippen LogP contribution in [0.15, 0.2) is 67.3 Å². The number of H-pyrrole nitrogens is 1. The number of allylic oxidation sites excluding steroid dienone is 1. The summed E-state index contributed by atoms with van der Waals surface area (Å²) in [6, 6.07) is 19.7. The van der Waals surface area contributed by atoms with E-state index < -0.39 is 0 Å². The van der Waals surface area contributed by atoms with Crippen molar-refractivity contribution in [2.75, 3.05) is 0 Å². The zero-order valence-electron chi connectivity index (χ0n) is 15.1. The van der Waals surface area contributed by atoms with E-state index in [1.54, 1.807) is 0 Å². The van der Waals surface area contributed by atoms with Gasteiger partial charge in [-0.3, -0.25) is 0 Å². The van der Waals surface area contributed by atoms with E-state index in [2.05, 4.69) is 89.6 Å². The van der Waals surface area contributed by atoms with E-state index in [-0.39, 0.29) is 0 Å². The third-order valence-electron chi connectivity index (χ3n) is 5.78. The predicted octanol–water partition coefficient (Wildman–Crippen LogP) is 5.08. The monoisotopic (exact) mass is 346 g/mol. The summed E-state index contributed by atoms with van der Waals surface area (Å²) in [6.45, 7) is 6.06. The van der Waals surface area contributed by atoms with E-state index >= 15 is 0 Å². The molecule has 0 aliphatic carbocycles. The van der Waals surface area contributed by atoms with Gasteiger partial charge in [0.25, 0.3) is 0 Å². The van der Waals surface area contributed by atoms with Crippen molar-refractivity contribution >= 4 is 61.1 Å². The molecule has 0 amide bonds. The molecule has 3 heterocycles. The van der Waals surface area contributed by atoms with Crippen molar-refractivity contribution in [1.82, 2.24) is 9.38 Å². The van der Waals surface area contributed by atoms with Crippen molar-refractivity contribution in [3.8, 4) is 0 Å². The summed E-state index contributed by atoms with van der Waals surface area (Å²) >= 11 is 0. The number of aromatic nitrogens is 2. The summed E-state index contributed by atoms with van der Waals surface area (Å²) in [7, 11) is 0. The molecule has 3 aromatic heterocycles. The quantitative estimate of drug-likeness (QED) is 0.428. The van der Waals surface area contributed by atoms with Gasteiger partial charge in [-0.25, -0.2) is 0 Å². The van der Waals surface area contributed by atoms with Crippen LogP contribution in [0.5, 0.6) is 0 Å². The van der Waals surface area contributed by atoms with Crippen LogP contribution in [-0.4, -0.2) is 9.38 Å². The summed E-state index contributed by atoms with van der Waals surface area (Å²) in [4.78, 5) is 3.61. The number of aromatic amines is 1. The molecule has 0 aliphatic rings. The number of nitrogens with one attached hydrogen (secondary N) is 1. The molecular formula is C25H18N2. The summed E-state index contributed by atoms with van der Waals surface area (Å²) in [5, 5.41) is 8.89. The van der Waals surface area contributed by atoms with Crippen molar-refractivity contribution in [1.29, 1.82) is 0 Å². The number of hydrogen-bond acceptors (Lipinski definition) is 0. The first kappa shape index (κ1) is 14.6. The molecule has 3 aromatic carbocycles. The highest BCUT2D eigenvalue weighted by molar-refractivity contribution is 6.28. The largest absolute Gasteiger partial charge is 0.354 e. The molecule has 0 atom stereocenters. The summed E-state index contributed by atoms with van der Waals surface area (Å²) in [5.74, 6) is 0. The highest BCUT2D eigenvalue weighted by atomic mass is 14.9. The highest BCUT2D eigenvalue weighted by Gasteiger charge is 2.17. The van der Waals surface area contributed by atoms with E-state index in [9.17, 15) is 0 Å². The van der Waals surface area contributed by atoms with Crippen molar-refractivity contribution in [2.45, 2.75) is 6.92 Å². The SMILES string of the molecule is C=C/C=c1\c(=C/C)n2c3cccc4[nH]c5cccc(c6cccc1c62)c5c43. The Morgan fingerprint density at radius 2 is 1.56 bits per heavy atom. The third kappa shape index (κ3) is 1.65. The van der Waals surface area contributed by atoms with Crippen LogP contribution in [0.4, 0.5) is 0 Å². The van der Waals surface area contributed by atoms with Gasteiger partial charge < -0.3 is 9.38 Å². The Hall–Kier alpha value is -3.52. The molecule has 0 saturated carbocycles. The second-order valence-electron chi connectivity index (χ2n) is 7.08. The van der Waals surface area contributed by atoms with E-state index in [4.69, 9.17) is 0 Å². The molecule has 0 bridgehead atoms. The van der Waals surface area contributed by atoms with Crippen LogP contribution in [-0.2, 0) is 0 Å². The Bertz CT molecular complexity index is 1640. The van der Waals surface area contributed by atoms with Gasteiger partial charge >= 0.3 is 0 Å². The molecule has 27 heavy (non-hydrogen) atoms. The molecule has 1 N–H and O–H groups in total. The first-order chi connectivity index (χ1) is 13.3. The number of para-hydroxylation sites is 1. The fourth-order valence-electron chi connectivity index (χ4n) is 4.81. The maximum Gasteiger partial charge on any atom is 0.0619 e. The minimum Gasteiger partial charge on any atom is -0.354 e. The number of benzene rings is 3. The second-order valence-corrected chi connectivity index (χ2v) is 7.08. The smallest absolute Gasteiger partial charge is 0.0619 e. The lowest BCUT2D eigenvalue weighted by Crippen LogP contribution is -2.25. The second kappa shape index (κ2) is 5.01. The van der Waals surface area contributed by atoms with Gasteiger partial charge in [0.05, 0.1) is 11.0 Å². The van der Waals surface area contributed by atoms with E-state index in [1.807, 2.05) is 6.08 Å². The molecular weight excluding hydrogens is 328 g/mol. The lowest BCUT2D eigenvalue weighted by atomic mass is 10.0. The molecule has 0 saturated heterocycles. The maximum absolute atomic E-state index is 3.94. The first-order valence-electron chi connectivity index (χ1n) is 9.30. The van der Waals surface area contributed by atoms with Crippen molar-refractivity contribution < 1.29 is 0 Å².